The number of fused-ring (bicyclic) bond motifs is 1. The van der Waals surface area contributed by atoms with Crippen molar-refractivity contribution >= 4 is 22.7 Å². The molecule has 0 spiro atoms. The second-order valence-electron chi connectivity index (χ2n) is 3.81. The SMILES string of the molecule is c1cnc(SCc2cccc3cccnc23)nc1. The maximum Gasteiger partial charge on any atom is 0.187 e. The second kappa shape index (κ2) is 5.14. The van der Waals surface area contributed by atoms with E-state index >= 15 is 0 Å². The zero-order chi connectivity index (χ0) is 12.2. The molecule has 3 aromatic rings. The third-order valence-corrected chi connectivity index (χ3v) is 3.54. The summed E-state index contributed by atoms with van der Waals surface area (Å²) in [6.45, 7) is 0. The molecule has 2 heterocycles. The summed E-state index contributed by atoms with van der Waals surface area (Å²) in [6, 6.07) is 12.1. The van der Waals surface area contributed by atoms with E-state index in [0.29, 0.717) is 0 Å². The van der Waals surface area contributed by atoms with E-state index in [9.17, 15) is 0 Å². The van der Waals surface area contributed by atoms with Crippen LogP contribution in [0.4, 0.5) is 0 Å². The molecular formula is C14H11N3S. The van der Waals surface area contributed by atoms with Gasteiger partial charge < -0.3 is 0 Å². The van der Waals surface area contributed by atoms with Crippen LogP contribution in [-0.4, -0.2) is 15.0 Å². The standard InChI is InChI=1S/C14H11N3S/c1-4-11-6-2-7-15-13(11)12(5-1)10-18-14-16-8-3-9-17-14/h1-9H,10H2. The van der Waals surface area contributed by atoms with Crippen molar-refractivity contribution in [1.82, 2.24) is 15.0 Å². The topological polar surface area (TPSA) is 38.7 Å². The maximum absolute atomic E-state index is 4.44. The predicted molar refractivity (Wildman–Crippen MR) is 73.3 cm³/mol. The summed E-state index contributed by atoms with van der Waals surface area (Å²) in [4.78, 5) is 12.8. The fourth-order valence-corrected chi connectivity index (χ4v) is 2.57. The number of hydrogen-bond donors (Lipinski definition) is 0. The Labute approximate surface area is 109 Å². The van der Waals surface area contributed by atoms with Gasteiger partial charge in [0, 0.05) is 29.7 Å². The van der Waals surface area contributed by atoms with E-state index in [1.165, 1.54) is 10.9 Å². The van der Waals surface area contributed by atoms with Crippen molar-refractivity contribution in [3.8, 4) is 0 Å². The molecule has 0 aliphatic rings. The monoisotopic (exact) mass is 253 g/mol. The Morgan fingerprint density at radius 2 is 1.61 bits per heavy atom. The van der Waals surface area contributed by atoms with Gasteiger partial charge in [-0.1, -0.05) is 36.0 Å². The molecule has 0 radical (unpaired) electrons. The third kappa shape index (κ3) is 2.33. The van der Waals surface area contributed by atoms with Gasteiger partial charge in [0.2, 0.25) is 0 Å². The van der Waals surface area contributed by atoms with Gasteiger partial charge in [-0.15, -0.1) is 0 Å². The fourth-order valence-electron chi connectivity index (χ4n) is 1.79. The first-order valence-corrected chi connectivity index (χ1v) is 6.64. The number of nitrogens with zero attached hydrogens (tertiary/aromatic N) is 3. The van der Waals surface area contributed by atoms with E-state index < -0.39 is 0 Å². The molecule has 0 unspecified atom stereocenters. The average molecular weight is 253 g/mol. The van der Waals surface area contributed by atoms with Gasteiger partial charge in [0.1, 0.15) is 0 Å². The van der Waals surface area contributed by atoms with Gasteiger partial charge in [-0.2, -0.15) is 0 Å². The Hall–Kier alpha value is -1.94. The highest BCUT2D eigenvalue weighted by Gasteiger charge is 2.03. The lowest BCUT2D eigenvalue weighted by molar-refractivity contribution is 0.966. The van der Waals surface area contributed by atoms with Crippen LogP contribution < -0.4 is 0 Å². The molecule has 0 saturated heterocycles. The van der Waals surface area contributed by atoms with Gasteiger partial charge in [0.15, 0.2) is 5.16 Å². The third-order valence-electron chi connectivity index (χ3n) is 2.62. The van der Waals surface area contributed by atoms with Crippen LogP contribution in [0.15, 0.2) is 60.1 Å². The van der Waals surface area contributed by atoms with Crippen molar-refractivity contribution in [2.24, 2.45) is 0 Å². The Balaban J connectivity index is 1.87. The summed E-state index contributed by atoms with van der Waals surface area (Å²) in [7, 11) is 0. The van der Waals surface area contributed by atoms with Crippen molar-refractivity contribution in [3.05, 3.63) is 60.6 Å². The molecule has 0 aliphatic carbocycles. The highest BCUT2D eigenvalue weighted by Crippen LogP contribution is 2.23. The molecule has 3 nitrogen and oxygen atoms in total. The molecule has 88 valence electrons. The van der Waals surface area contributed by atoms with Crippen LogP contribution in [0.3, 0.4) is 0 Å². The molecule has 3 rings (SSSR count). The average Bonchev–Trinajstić information content (AvgIpc) is 2.46. The van der Waals surface area contributed by atoms with Gasteiger partial charge in [-0.3, -0.25) is 4.98 Å². The van der Waals surface area contributed by atoms with Crippen molar-refractivity contribution in [2.45, 2.75) is 10.9 Å². The first kappa shape index (κ1) is 11.2. The van der Waals surface area contributed by atoms with E-state index in [1.807, 2.05) is 18.3 Å². The minimum atomic E-state index is 0.797. The molecule has 0 atom stereocenters. The summed E-state index contributed by atoms with van der Waals surface area (Å²) in [5.74, 6) is 0.832. The molecule has 0 N–H and O–H groups in total. The van der Waals surface area contributed by atoms with Crippen molar-refractivity contribution in [3.63, 3.8) is 0 Å². The lowest BCUT2D eigenvalue weighted by Gasteiger charge is -2.04. The Morgan fingerprint density at radius 1 is 0.833 bits per heavy atom. The van der Waals surface area contributed by atoms with Crippen LogP contribution in [0.2, 0.25) is 0 Å². The van der Waals surface area contributed by atoms with Gasteiger partial charge in [0.25, 0.3) is 0 Å². The number of thioether (sulfide) groups is 1. The van der Waals surface area contributed by atoms with Gasteiger partial charge >= 0.3 is 0 Å². The fraction of sp³-hybridized carbons (Fsp3) is 0.0714. The summed E-state index contributed by atoms with van der Waals surface area (Å²) >= 11 is 1.63. The van der Waals surface area contributed by atoms with Crippen LogP contribution in [0.5, 0.6) is 0 Å². The number of para-hydroxylation sites is 1. The van der Waals surface area contributed by atoms with Gasteiger partial charge in [-0.25, -0.2) is 9.97 Å². The molecule has 2 aromatic heterocycles. The van der Waals surface area contributed by atoms with Crippen LogP contribution in [0.25, 0.3) is 10.9 Å². The van der Waals surface area contributed by atoms with Gasteiger partial charge in [-0.05, 0) is 17.7 Å². The van der Waals surface area contributed by atoms with Crippen LogP contribution in [0, 0.1) is 0 Å². The summed E-state index contributed by atoms with van der Waals surface area (Å²) in [5.41, 5.74) is 2.27. The van der Waals surface area contributed by atoms with E-state index in [4.69, 9.17) is 0 Å². The van der Waals surface area contributed by atoms with Crippen LogP contribution in [0.1, 0.15) is 5.56 Å². The van der Waals surface area contributed by atoms with Crippen molar-refractivity contribution in [2.75, 3.05) is 0 Å². The largest absolute Gasteiger partial charge is 0.256 e. The highest BCUT2D eigenvalue weighted by molar-refractivity contribution is 7.98. The molecule has 0 amide bonds. The first-order valence-electron chi connectivity index (χ1n) is 5.66. The quantitative estimate of drug-likeness (QED) is 0.530. The molecule has 1 aromatic carbocycles. The smallest absolute Gasteiger partial charge is 0.187 e. The molecule has 4 heteroatoms. The number of aromatic nitrogens is 3. The minimum Gasteiger partial charge on any atom is -0.256 e. The molecule has 0 fully saturated rings. The Kier molecular flexibility index (Phi) is 3.19. The Morgan fingerprint density at radius 3 is 2.50 bits per heavy atom. The summed E-state index contributed by atoms with van der Waals surface area (Å²) in [5, 5.41) is 1.97. The van der Waals surface area contributed by atoms with E-state index in [0.717, 1.165) is 16.4 Å². The molecule has 0 aliphatic heterocycles. The molecular weight excluding hydrogens is 242 g/mol. The molecule has 0 saturated carbocycles. The second-order valence-corrected chi connectivity index (χ2v) is 4.75. The number of rotatable bonds is 3. The number of hydrogen-bond acceptors (Lipinski definition) is 4. The molecule has 0 bridgehead atoms. The van der Waals surface area contributed by atoms with E-state index in [2.05, 4.69) is 39.2 Å². The van der Waals surface area contributed by atoms with Crippen molar-refractivity contribution in [1.29, 1.82) is 0 Å². The van der Waals surface area contributed by atoms with Crippen LogP contribution >= 0.6 is 11.8 Å². The normalized spacial score (nSPS) is 10.7. The van der Waals surface area contributed by atoms with E-state index in [-0.39, 0.29) is 0 Å². The predicted octanol–water partition coefficient (Wildman–Crippen LogP) is 3.32. The van der Waals surface area contributed by atoms with Crippen LogP contribution in [-0.2, 0) is 5.75 Å². The minimum absolute atomic E-state index is 0.797. The zero-order valence-corrected chi connectivity index (χ0v) is 10.5. The lowest BCUT2D eigenvalue weighted by atomic mass is 10.1. The van der Waals surface area contributed by atoms with E-state index in [1.54, 1.807) is 24.2 Å². The highest BCUT2D eigenvalue weighted by atomic mass is 32.2. The lowest BCUT2D eigenvalue weighted by Crippen LogP contribution is -1.89. The summed E-state index contributed by atoms with van der Waals surface area (Å²) < 4.78 is 0. The number of pyridine rings is 1. The summed E-state index contributed by atoms with van der Waals surface area (Å²) in [6.07, 6.45) is 5.35. The number of benzene rings is 1. The molecule has 18 heavy (non-hydrogen) atoms. The maximum atomic E-state index is 4.44. The van der Waals surface area contributed by atoms with Crippen molar-refractivity contribution < 1.29 is 0 Å². The van der Waals surface area contributed by atoms with Gasteiger partial charge in [0.05, 0.1) is 5.52 Å². The zero-order valence-electron chi connectivity index (χ0n) is 9.65. The first-order chi connectivity index (χ1) is 8.93. The Bertz CT molecular complexity index is 650.